The molecule has 2 rings (SSSR count). The van der Waals surface area contributed by atoms with Crippen LogP contribution in [-0.2, 0) is 0 Å². The Morgan fingerprint density at radius 2 is 2.26 bits per heavy atom. The summed E-state index contributed by atoms with van der Waals surface area (Å²) >= 11 is 0. The molecule has 0 aliphatic heterocycles. The Balaban J connectivity index is 2.25. The van der Waals surface area contributed by atoms with E-state index >= 15 is 0 Å². The number of benzene rings is 1. The van der Waals surface area contributed by atoms with E-state index in [1.165, 1.54) is 12.5 Å². The largest absolute Gasteiger partial charge is 0.377 e. The van der Waals surface area contributed by atoms with Crippen molar-refractivity contribution in [2.24, 2.45) is 5.92 Å². The molecule has 1 N–H and O–H groups in total. The third-order valence-corrected chi connectivity index (χ3v) is 3.64. The number of nitrogens with one attached hydrogen (secondary N) is 1. The summed E-state index contributed by atoms with van der Waals surface area (Å²) in [5.41, 5.74) is 0.463. The highest BCUT2D eigenvalue weighted by Gasteiger charge is 2.24. The van der Waals surface area contributed by atoms with Gasteiger partial charge in [0.2, 0.25) is 0 Å². The third kappa shape index (κ3) is 3.02. The summed E-state index contributed by atoms with van der Waals surface area (Å²) in [4.78, 5) is 10.6. The zero-order valence-electron chi connectivity index (χ0n) is 10.9. The number of nitro benzene ring substituents is 1. The molecule has 0 bridgehead atoms. The number of nitriles is 1. The maximum absolute atomic E-state index is 11.1. The van der Waals surface area contributed by atoms with Crippen molar-refractivity contribution in [2.75, 3.05) is 5.32 Å². The van der Waals surface area contributed by atoms with Gasteiger partial charge in [-0.2, -0.15) is 5.26 Å². The standard InChI is InChI=1S/C14H17N3O2/c1-10-4-2-6-12(8-10)16-13-7-3-5-11(9-15)14(13)17(18)19/h3,5,7,10,12,16H,2,4,6,8H2,1H3. The lowest BCUT2D eigenvalue weighted by Gasteiger charge is -2.28. The summed E-state index contributed by atoms with van der Waals surface area (Å²) < 4.78 is 0. The average molecular weight is 259 g/mol. The number of nitro groups is 1. The zero-order chi connectivity index (χ0) is 13.8. The fourth-order valence-corrected chi connectivity index (χ4v) is 2.73. The van der Waals surface area contributed by atoms with Gasteiger partial charge >= 0.3 is 5.69 Å². The highest BCUT2D eigenvalue weighted by Crippen LogP contribution is 2.32. The van der Waals surface area contributed by atoms with Crippen molar-refractivity contribution in [3.8, 4) is 6.07 Å². The quantitative estimate of drug-likeness (QED) is 0.666. The number of nitrogens with zero attached hydrogens (tertiary/aromatic N) is 2. The number of anilines is 1. The van der Waals surface area contributed by atoms with E-state index in [2.05, 4.69) is 12.2 Å². The minimum Gasteiger partial charge on any atom is -0.377 e. The van der Waals surface area contributed by atoms with Gasteiger partial charge in [0, 0.05) is 6.04 Å². The molecule has 1 aliphatic carbocycles. The van der Waals surface area contributed by atoms with Gasteiger partial charge in [-0.3, -0.25) is 10.1 Å². The SMILES string of the molecule is CC1CCCC(Nc2cccc(C#N)c2[N+](=O)[O-])C1. The van der Waals surface area contributed by atoms with Crippen LogP contribution in [0.2, 0.25) is 0 Å². The minimum absolute atomic E-state index is 0.108. The van der Waals surface area contributed by atoms with Crippen molar-refractivity contribution in [1.29, 1.82) is 5.26 Å². The maximum Gasteiger partial charge on any atom is 0.309 e. The van der Waals surface area contributed by atoms with E-state index in [9.17, 15) is 10.1 Å². The molecule has 0 amide bonds. The molecule has 100 valence electrons. The summed E-state index contributed by atoms with van der Waals surface area (Å²) in [6.07, 6.45) is 4.41. The molecule has 19 heavy (non-hydrogen) atoms. The zero-order valence-corrected chi connectivity index (χ0v) is 10.9. The molecule has 0 aromatic heterocycles. The number of rotatable bonds is 3. The summed E-state index contributed by atoms with van der Waals surface area (Å²) in [5.74, 6) is 0.643. The highest BCUT2D eigenvalue weighted by molar-refractivity contribution is 5.68. The summed E-state index contributed by atoms with van der Waals surface area (Å²) in [5, 5.41) is 23.3. The second kappa shape index (κ2) is 5.70. The first-order chi connectivity index (χ1) is 9.11. The average Bonchev–Trinajstić information content (AvgIpc) is 2.38. The molecule has 0 radical (unpaired) electrons. The molecule has 0 heterocycles. The van der Waals surface area contributed by atoms with Crippen LogP contribution in [0, 0.1) is 27.4 Å². The normalized spacial score (nSPS) is 22.5. The predicted octanol–water partition coefficient (Wildman–Crippen LogP) is 3.46. The number of hydrogen-bond donors (Lipinski definition) is 1. The smallest absolute Gasteiger partial charge is 0.309 e. The van der Waals surface area contributed by atoms with E-state index in [0.29, 0.717) is 11.6 Å². The minimum atomic E-state index is -0.479. The van der Waals surface area contributed by atoms with Crippen LogP contribution in [0.5, 0.6) is 0 Å². The van der Waals surface area contributed by atoms with E-state index < -0.39 is 4.92 Å². The lowest BCUT2D eigenvalue weighted by molar-refractivity contribution is -0.384. The molecule has 2 atom stereocenters. The molecule has 1 fully saturated rings. The molecule has 0 spiro atoms. The van der Waals surface area contributed by atoms with Gasteiger partial charge in [-0.1, -0.05) is 25.8 Å². The van der Waals surface area contributed by atoms with Crippen LogP contribution in [0.4, 0.5) is 11.4 Å². The molecule has 1 aromatic carbocycles. The lowest BCUT2D eigenvalue weighted by atomic mass is 9.87. The monoisotopic (exact) mass is 259 g/mol. The van der Waals surface area contributed by atoms with Gasteiger partial charge in [0.05, 0.1) is 4.92 Å². The van der Waals surface area contributed by atoms with E-state index in [4.69, 9.17) is 5.26 Å². The molecule has 1 aliphatic rings. The van der Waals surface area contributed by atoms with E-state index in [1.54, 1.807) is 12.1 Å². The lowest BCUT2D eigenvalue weighted by Crippen LogP contribution is -2.26. The van der Waals surface area contributed by atoms with Crippen LogP contribution >= 0.6 is 0 Å². The van der Waals surface area contributed by atoms with Gasteiger partial charge < -0.3 is 5.32 Å². The van der Waals surface area contributed by atoms with Crippen molar-refractivity contribution >= 4 is 11.4 Å². The van der Waals surface area contributed by atoms with Crippen molar-refractivity contribution < 1.29 is 4.92 Å². The first kappa shape index (κ1) is 13.3. The Bertz CT molecular complexity index is 522. The van der Waals surface area contributed by atoms with Gasteiger partial charge in [0.25, 0.3) is 0 Å². The van der Waals surface area contributed by atoms with Crippen LogP contribution in [0.25, 0.3) is 0 Å². The van der Waals surface area contributed by atoms with Gasteiger partial charge in [0.1, 0.15) is 17.3 Å². The van der Waals surface area contributed by atoms with E-state index in [1.807, 2.05) is 6.07 Å². The fourth-order valence-electron chi connectivity index (χ4n) is 2.73. The van der Waals surface area contributed by atoms with Gasteiger partial charge in [-0.05, 0) is 30.9 Å². The van der Waals surface area contributed by atoms with Gasteiger partial charge in [-0.25, -0.2) is 0 Å². The van der Waals surface area contributed by atoms with Crippen LogP contribution in [0.1, 0.15) is 38.2 Å². The first-order valence-corrected chi connectivity index (χ1v) is 6.56. The molecular weight excluding hydrogens is 242 g/mol. The van der Waals surface area contributed by atoms with Crippen molar-refractivity contribution in [3.63, 3.8) is 0 Å². The maximum atomic E-state index is 11.1. The van der Waals surface area contributed by atoms with E-state index in [0.717, 1.165) is 19.3 Å². The highest BCUT2D eigenvalue weighted by atomic mass is 16.6. The Labute approximate surface area is 112 Å². The molecule has 5 nitrogen and oxygen atoms in total. The van der Waals surface area contributed by atoms with Crippen LogP contribution in [-0.4, -0.2) is 11.0 Å². The molecule has 5 heteroatoms. The second-order valence-corrected chi connectivity index (χ2v) is 5.18. The van der Waals surface area contributed by atoms with Crippen molar-refractivity contribution in [1.82, 2.24) is 0 Å². The Morgan fingerprint density at radius 1 is 1.47 bits per heavy atom. The molecule has 1 saturated carbocycles. The molecule has 0 saturated heterocycles. The summed E-state index contributed by atoms with van der Waals surface area (Å²) in [6.45, 7) is 2.20. The van der Waals surface area contributed by atoms with Crippen molar-refractivity contribution in [2.45, 2.75) is 38.6 Å². The number of hydrogen-bond acceptors (Lipinski definition) is 4. The topological polar surface area (TPSA) is 79.0 Å². The van der Waals surface area contributed by atoms with Gasteiger partial charge in [0.15, 0.2) is 0 Å². The Kier molecular flexibility index (Phi) is 4.00. The van der Waals surface area contributed by atoms with Crippen molar-refractivity contribution in [3.05, 3.63) is 33.9 Å². The Morgan fingerprint density at radius 3 is 2.89 bits per heavy atom. The van der Waals surface area contributed by atoms with Crippen LogP contribution < -0.4 is 5.32 Å². The Hall–Kier alpha value is -2.09. The number of para-hydroxylation sites is 1. The van der Waals surface area contributed by atoms with E-state index in [-0.39, 0.29) is 17.3 Å². The predicted molar refractivity (Wildman–Crippen MR) is 72.9 cm³/mol. The third-order valence-electron chi connectivity index (χ3n) is 3.64. The molecular formula is C14H17N3O2. The first-order valence-electron chi connectivity index (χ1n) is 6.56. The molecule has 2 unspecified atom stereocenters. The molecule has 1 aromatic rings. The summed E-state index contributed by atoms with van der Waals surface area (Å²) in [7, 11) is 0. The van der Waals surface area contributed by atoms with Crippen LogP contribution in [0.15, 0.2) is 18.2 Å². The van der Waals surface area contributed by atoms with Gasteiger partial charge in [-0.15, -0.1) is 0 Å². The fraction of sp³-hybridized carbons (Fsp3) is 0.500. The summed E-state index contributed by atoms with van der Waals surface area (Å²) in [6, 6.07) is 6.98. The van der Waals surface area contributed by atoms with Crippen LogP contribution in [0.3, 0.4) is 0 Å². The second-order valence-electron chi connectivity index (χ2n) is 5.18.